The van der Waals surface area contributed by atoms with Gasteiger partial charge in [-0.3, -0.25) is 4.79 Å². The van der Waals surface area contributed by atoms with Crippen molar-refractivity contribution in [1.82, 2.24) is 8.87 Å². The number of nitrogens with zero attached hydrogens (tertiary/aromatic N) is 2. The first kappa shape index (κ1) is 17.7. The van der Waals surface area contributed by atoms with Gasteiger partial charge in [0.1, 0.15) is 0 Å². The Bertz CT molecular complexity index is 659. The van der Waals surface area contributed by atoms with E-state index in [1.807, 2.05) is 4.57 Å². The van der Waals surface area contributed by atoms with Gasteiger partial charge in [-0.15, -0.1) is 0 Å². The van der Waals surface area contributed by atoms with Crippen LogP contribution in [0.5, 0.6) is 0 Å². The molecule has 2 rings (SSSR count). The van der Waals surface area contributed by atoms with Crippen molar-refractivity contribution in [1.29, 1.82) is 0 Å². The minimum Gasteiger partial charge on any atom is -0.303 e. The van der Waals surface area contributed by atoms with Crippen molar-refractivity contribution in [2.75, 3.05) is 19.8 Å². The molecule has 0 N–H and O–H groups in total. The third-order valence-electron chi connectivity index (χ3n) is 4.38. The first-order valence-electron chi connectivity index (χ1n) is 7.96. The molecule has 5 nitrogen and oxygen atoms in total. The molecule has 0 radical (unpaired) electrons. The zero-order valence-corrected chi connectivity index (χ0v) is 15.3. The van der Waals surface area contributed by atoms with E-state index in [0.29, 0.717) is 18.9 Å². The second-order valence-electron chi connectivity index (χ2n) is 6.24. The van der Waals surface area contributed by atoms with Crippen LogP contribution in [0.2, 0.25) is 0 Å². The molecule has 22 heavy (non-hydrogen) atoms. The summed E-state index contributed by atoms with van der Waals surface area (Å²) in [6, 6.07) is 0. The van der Waals surface area contributed by atoms with E-state index >= 15 is 0 Å². The Hall–Kier alpha value is -0.660. The molecule has 1 aromatic heterocycles. The minimum atomic E-state index is -3.18. The topological polar surface area (TPSA) is 59.4 Å². The highest BCUT2D eigenvalue weighted by Crippen LogP contribution is 2.30. The van der Waals surface area contributed by atoms with Gasteiger partial charge in [-0.2, -0.15) is 0 Å². The third-order valence-corrected chi connectivity index (χ3v) is 7.34. The summed E-state index contributed by atoms with van der Waals surface area (Å²) in [4.78, 5) is 13.5. The molecule has 1 heterocycles. The Morgan fingerprint density at radius 1 is 1.36 bits per heavy atom. The molecular weight excluding hydrogens is 320 g/mol. The largest absolute Gasteiger partial charge is 0.307 e. The molecule has 0 amide bonds. The molecule has 1 aliphatic rings. The fraction of sp³-hybridized carbons (Fsp3) is 0.800. The number of fused-ring (bicyclic) bond motifs is 1. The molecule has 0 aliphatic heterocycles. The van der Waals surface area contributed by atoms with Crippen LogP contribution in [0.15, 0.2) is 4.79 Å². The smallest absolute Gasteiger partial charge is 0.303 e. The number of thiazole rings is 1. The van der Waals surface area contributed by atoms with Crippen molar-refractivity contribution in [3.8, 4) is 0 Å². The molecule has 1 unspecified atom stereocenters. The van der Waals surface area contributed by atoms with E-state index < -0.39 is 10.0 Å². The van der Waals surface area contributed by atoms with Crippen LogP contribution in [-0.4, -0.2) is 37.1 Å². The van der Waals surface area contributed by atoms with Gasteiger partial charge in [-0.05, 0) is 31.6 Å². The monoisotopic (exact) mass is 346 g/mol. The highest BCUT2D eigenvalue weighted by molar-refractivity contribution is 7.89. The molecule has 0 saturated carbocycles. The maximum absolute atomic E-state index is 12.2. The van der Waals surface area contributed by atoms with Crippen LogP contribution in [0.25, 0.3) is 0 Å². The summed E-state index contributed by atoms with van der Waals surface area (Å²) in [6.45, 7) is 2.71. The summed E-state index contributed by atoms with van der Waals surface area (Å²) in [5, 5.41) is 0. The van der Waals surface area contributed by atoms with Crippen LogP contribution < -0.4 is 4.87 Å². The Morgan fingerprint density at radius 2 is 2.09 bits per heavy atom. The van der Waals surface area contributed by atoms with Crippen molar-refractivity contribution in [3.63, 3.8) is 0 Å². The average Bonchev–Trinajstić information content (AvgIpc) is 2.74. The van der Waals surface area contributed by atoms with Gasteiger partial charge in [0.15, 0.2) is 0 Å². The lowest BCUT2D eigenvalue weighted by atomic mass is 9.88. The highest BCUT2D eigenvalue weighted by atomic mass is 32.2. The minimum absolute atomic E-state index is 0.0735. The molecule has 0 fully saturated rings. The summed E-state index contributed by atoms with van der Waals surface area (Å²) in [6.07, 6.45) is 6.03. The molecule has 0 spiro atoms. The normalized spacial score (nSPS) is 18.6. The van der Waals surface area contributed by atoms with Crippen LogP contribution >= 0.6 is 11.3 Å². The Balaban J connectivity index is 2.04. The van der Waals surface area contributed by atoms with E-state index in [1.165, 1.54) is 33.4 Å². The van der Waals surface area contributed by atoms with Gasteiger partial charge >= 0.3 is 4.87 Å². The van der Waals surface area contributed by atoms with Crippen molar-refractivity contribution >= 4 is 21.4 Å². The van der Waals surface area contributed by atoms with Gasteiger partial charge in [0.25, 0.3) is 0 Å². The van der Waals surface area contributed by atoms with Crippen molar-refractivity contribution in [2.24, 2.45) is 5.92 Å². The SMILES string of the molecule is CCCC1CCc2c(sc(=O)n2CCCS(=O)(=O)N(C)C)C1. The summed E-state index contributed by atoms with van der Waals surface area (Å²) in [7, 11) is -0.0933. The number of aromatic nitrogens is 1. The van der Waals surface area contributed by atoms with Crippen LogP contribution in [0.4, 0.5) is 0 Å². The van der Waals surface area contributed by atoms with Crippen LogP contribution in [0.3, 0.4) is 0 Å². The van der Waals surface area contributed by atoms with E-state index in [0.717, 1.165) is 25.0 Å². The summed E-state index contributed by atoms with van der Waals surface area (Å²) < 4.78 is 26.6. The van der Waals surface area contributed by atoms with Gasteiger partial charge in [-0.1, -0.05) is 31.1 Å². The fourth-order valence-corrected chi connectivity index (χ4v) is 5.12. The second-order valence-corrected chi connectivity index (χ2v) is 9.59. The van der Waals surface area contributed by atoms with Gasteiger partial charge in [0, 0.05) is 31.2 Å². The summed E-state index contributed by atoms with van der Waals surface area (Å²) in [5.41, 5.74) is 1.16. The first-order chi connectivity index (χ1) is 10.3. The van der Waals surface area contributed by atoms with Crippen molar-refractivity contribution < 1.29 is 8.42 Å². The molecule has 1 aliphatic carbocycles. The van der Waals surface area contributed by atoms with E-state index in [4.69, 9.17) is 0 Å². The molecule has 0 saturated heterocycles. The zero-order chi connectivity index (χ0) is 16.3. The van der Waals surface area contributed by atoms with Gasteiger partial charge in [0.2, 0.25) is 10.0 Å². The van der Waals surface area contributed by atoms with Crippen LogP contribution in [0.1, 0.15) is 43.2 Å². The standard InChI is InChI=1S/C15H26N2O3S2/c1-4-6-12-7-8-13-14(11-12)21-15(18)17(13)9-5-10-22(19,20)16(2)3/h12H,4-11H2,1-3H3. The number of hydrogen-bond acceptors (Lipinski definition) is 4. The fourth-order valence-electron chi connectivity index (χ4n) is 3.09. The Kier molecular flexibility index (Phi) is 5.85. The van der Waals surface area contributed by atoms with E-state index in [2.05, 4.69) is 6.92 Å². The van der Waals surface area contributed by atoms with Crippen molar-refractivity contribution in [2.45, 2.75) is 52.0 Å². The molecule has 1 aromatic rings. The molecule has 1 atom stereocenters. The average molecular weight is 347 g/mol. The van der Waals surface area contributed by atoms with E-state index in [1.54, 1.807) is 14.1 Å². The molecule has 7 heteroatoms. The second kappa shape index (κ2) is 7.27. The number of rotatable bonds is 7. The lowest BCUT2D eigenvalue weighted by Gasteiger charge is -2.22. The maximum atomic E-state index is 12.2. The predicted molar refractivity (Wildman–Crippen MR) is 91.1 cm³/mol. The van der Waals surface area contributed by atoms with Gasteiger partial charge in [-0.25, -0.2) is 12.7 Å². The molecule has 0 aromatic carbocycles. The maximum Gasteiger partial charge on any atom is 0.307 e. The van der Waals surface area contributed by atoms with E-state index in [9.17, 15) is 13.2 Å². The molecule has 126 valence electrons. The first-order valence-corrected chi connectivity index (χ1v) is 10.4. The summed E-state index contributed by atoms with van der Waals surface area (Å²) in [5.74, 6) is 0.799. The quantitative estimate of drug-likeness (QED) is 0.760. The summed E-state index contributed by atoms with van der Waals surface area (Å²) >= 11 is 1.36. The zero-order valence-electron chi connectivity index (χ0n) is 13.7. The van der Waals surface area contributed by atoms with Crippen LogP contribution in [-0.2, 0) is 29.4 Å². The lowest BCUT2D eigenvalue weighted by Crippen LogP contribution is -2.27. The number of hydrogen-bond donors (Lipinski definition) is 0. The Labute approximate surface area is 137 Å². The lowest BCUT2D eigenvalue weighted by molar-refractivity contribution is 0.414. The third kappa shape index (κ3) is 4.00. The Morgan fingerprint density at radius 3 is 2.73 bits per heavy atom. The highest BCUT2D eigenvalue weighted by Gasteiger charge is 2.24. The number of sulfonamides is 1. The van der Waals surface area contributed by atoms with Crippen molar-refractivity contribution in [3.05, 3.63) is 20.2 Å². The van der Waals surface area contributed by atoms with Gasteiger partial charge in [0.05, 0.1) is 5.75 Å². The predicted octanol–water partition coefficient (Wildman–Crippen LogP) is 2.10. The van der Waals surface area contributed by atoms with E-state index in [-0.39, 0.29) is 10.6 Å². The van der Waals surface area contributed by atoms with Gasteiger partial charge < -0.3 is 4.57 Å². The molecular formula is C15H26N2O3S2. The molecule has 0 bridgehead atoms. The van der Waals surface area contributed by atoms with Crippen LogP contribution in [0, 0.1) is 5.92 Å².